The fourth-order valence-electron chi connectivity index (χ4n) is 4.56. The second-order valence-electron chi connectivity index (χ2n) is 8.88. The van der Waals surface area contributed by atoms with Gasteiger partial charge in [0.15, 0.2) is 5.69 Å². The molecule has 1 saturated carbocycles. The summed E-state index contributed by atoms with van der Waals surface area (Å²) in [5.74, 6) is 1.06. The maximum Gasteiger partial charge on any atom is 0.275 e. The third kappa shape index (κ3) is 4.90. The van der Waals surface area contributed by atoms with E-state index in [2.05, 4.69) is 27.4 Å². The SMILES string of the molecule is COc1cc(-c2[nH]nc(C(=O)N3CCC(C(=O)NC4CCC(C)CC4)CC3)c2Cl)ccn1. The number of ether oxygens (including phenoxy) is 1. The molecule has 9 heteroatoms. The van der Waals surface area contributed by atoms with Crippen LogP contribution in [0.25, 0.3) is 11.3 Å². The van der Waals surface area contributed by atoms with Gasteiger partial charge < -0.3 is 15.0 Å². The Morgan fingerprint density at radius 3 is 2.59 bits per heavy atom. The molecule has 0 atom stereocenters. The number of aromatic nitrogens is 3. The van der Waals surface area contributed by atoms with Crippen molar-refractivity contribution < 1.29 is 14.3 Å². The number of hydrogen-bond acceptors (Lipinski definition) is 5. The third-order valence-electron chi connectivity index (χ3n) is 6.66. The summed E-state index contributed by atoms with van der Waals surface area (Å²) in [6.07, 6.45) is 7.39. The Balaban J connectivity index is 1.34. The lowest BCUT2D eigenvalue weighted by Gasteiger charge is -2.33. The Morgan fingerprint density at radius 2 is 1.91 bits per heavy atom. The van der Waals surface area contributed by atoms with E-state index >= 15 is 0 Å². The third-order valence-corrected chi connectivity index (χ3v) is 7.03. The maximum absolute atomic E-state index is 13.0. The van der Waals surface area contributed by atoms with E-state index in [1.165, 1.54) is 20.0 Å². The summed E-state index contributed by atoms with van der Waals surface area (Å²) in [6, 6.07) is 3.80. The Kier molecular flexibility index (Phi) is 6.98. The van der Waals surface area contributed by atoms with Gasteiger partial charge in [-0.1, -0.05) is 18.5 Å². The van der Waals surface area contributed by atoms with Crippen LogP contribution < -0.4 is 10.1 Å². The molecule has 2 amide bonds. The number of methoxy groups -OCH3 is 1. The van der Waals surface area contributed by atoms with E-state index in [1.54, 1.807) is 23.2 Å². The summed E-state index contributed by atoms with van der Waals surface area (Å²) in [4.78, 5) is 31.5. The highest BCUT2D eigenvalue weighted by Gasteiger charge is 2.31. The number of amides is 2. The molecule has 2 N–H and O–H groups in total. The van der Waals surface area contributed by atoms with Gasteiger partial charge in [0.2, 0.25) is 11.8 Å². The molecule has 1 aliphatic carbocycles. The molecule has 4 rings (SSSR count). The van der Waals surface area contributed by atoms with Crippen molar-refractivity contribution in [1.82, 2.24) is 25.4 Å². The summed E-state index contributed by atoms with van der Waals surface area (Å²) >= 11 is 6.50. The number of hydrogen-bond donors (Lipinski definition) is 2. The van der Waals surface area contributed by atoms with Gasteiger partial charge in [0, 0.05) is 42.9 Å². The van der Waals surface area contributed by atoms with Crippen LogP contribution in [0.15, 0.2) is 18.3 Å². The maximum atomic E-state index is 13.0. The predicted octanol–water partition coefficient (Wildman–Crippen LogP) is 3.68. The highest BCUT2D eigenvalue weighted by Crippen LogP contribution is 2.31. The zero-order valence-electron chi connectivity index (χ0n) is 18.6. The van der Waals surface area contributed by atoms with Crippen LogP contribution in [0.2, 0.25) is 5.02 Å². The number of piperidine rings is 1. The van der Waals surface area contributed by atoms with Crippen LogP contribution in [0, 0.1) is 11.8 Å². The fourth-order valence-corrected chi connectivity index (χ4v) is 4.83. The second kappa shape index (κ2) is 9.90. The molecule has 1 aliphatic heterocycles. The summed E-state index contributed by atoms with van der Waals surface area (Å²) < 4.78 is 5.15. The van der Waals surface area contributed by atoms with Crippen LogP contribution in [0.4, 0.5) is 0 Å². The minimum absolute atomic E-state index is 0.0482. The average molecular weight is 460 g/mol. The Hall–Kier alpha value is -2.61. The minimum Gasteiger partial charge on any atom is -0.481 e. The topological polar surface area (TPSA) is 100 Å². The number of rotatable bonds is 5. The Morgan fingerprint density at radius 1 is 1.19 bits per heavy atom. The van der Waals surface area contributed by atoms with Crippen molar-refractivity contribution in [3.63, 3.8) is 0 Å². The lowest BCUT2D eigenvalue weighted by molar-refractivity contribution is -0.127. The van der Waals surface area contributed by atoms with E-state index in [0.29, 0.717) is 43.5 Å². The van der Waals surface area contributed by atoms with Gasteiger partial charge in [-0.15, -0.1) is 0 Å². The van der Waals surface area contributed by atoms with Crippen LogP contribution in [-0.2, 0) is 4.79 Å². The number of nitrogens with one attached hydrogen (secondary N) is 2. The van der Waals surface area contributed by atoms with Gasteiger partial charge in [-0.25, -0.2) is 4.98 Å². The Bertz CT molecular complexity index is 962. The van der Waals surface area contributed by atoms with Crippen molar-refractivity contribution in [1.29, 1.82) is 0 Å². The highest BCUT2D eigenvalue weighted by atomic mass is 35.5. The van der Waals surface area contributed by atoms with Gasteiger partial charge in [0.1, 0.15) is 0 Å². The minimum atomic E-state index is -0.223. The van der Waals surface area contributed by atoms with Gasteiger partial charge >= 0.3 is 0 Å². The normalized spacial score (nSPS) is 21.9. The number of pyridine rings is 1. The van der Waals surface area contributed by atoms with Crippen molar-refractivity contribution in [2.75, 3.05) is 20.2 Å². The van der Waals surface area contributed by atoms with Crippen LogP contribution in [0.1, 0.15) is 55.9 Å². The molecular formula is C23H30ClN5O3. The van der Waals surface area contributed by atoms with E-state index < -0.39 is 0 Å². The largest absolute Gasteiger partial charge is 0.481 e. The van der Waals surface area contributed by atoms with Gasteiger partial charge in [-0.3, -0.25) is 14.7 Å². The second-order valence-corrected chi connectivity index (χ2v) is 9.26. The lowest BCUT2D eigenvalue weighted by Crippen LogP contribution is -2.46. The van der Waals surface area contributed by atoms with E-state index in [4.69, 9.17) is 16.3 Å². The smallest absolute Gasteiger partial charge is 0.275 e. The summed E-state index contributed by atoms with van der Waals surface area (Å²) in [6.45, 7) is 3.30. The van der Waals surface area contributed by atoms with E-state index in [-0.39, 0.29) is 28.4 Å². The first-order chi connectivity index (χ1) is 15.5. The molecule has 0 radical (unpaired) electrons. The molecule has 2 aromatic rings. The molecular weight excluding hydrogens is 430 g/mol. The first-order valence-electron chi connectivity index (χ1n) is 11.3. The molecule has 3 heterocycles. The molecule has 8 nitrogen and oxygen atoms in total. The highest BCUT2D eigenvalue weighted by molar-refractivity contribution is 6.36. The first-order valence-corrected chi connectivity index (χ1v) is 11.7. The van der Waals surface area contributed by atoms with Crippen LogP contribution in [-0.4, -0.2) is 58.1 Å². The zero-order valence-corrected chi connectivity index (χ0v) is 19.3. The van der Waals surface area contributed by atoms with Gasteiger partial charge in [-0.05, 0) is 50.5 Å². The van der Waals surface area contributed by atoms with Gasteiger partial charge in [-0.2, -0.15) is 5.10 Å². The van der Waals surface area contributed by atoms with Crippen LogP contribution >= 0.6 is 11.6 Å². The summed E-state index contributed by atoms with van der Waals surface area (Å²) in [7, 11) is 1.54. The molecule has 1 saturated heterocycles. The van der Waals surface area contributed by atoms with E-state index in [9.17, 15) is 9.59 Å². The fraction of sp³-hybridized carbons (Fsp3) is 0.565. The zero-order chi connectivity index (χ0) is 22.7. The standard InChI is InChI=1S/C23H30ClN5O3/c1-14-3-5-17(6-4-14)26-22(30)15-8-11-29(12-9-15)23(31)21-19(24)20(27-28-21)16-7-10-25-18(13-16)32-2/h7,10,13-15,17H,3-6,8-9,11-12H2,1-2H3,(H,26,30)(H,27,28). The van der Waals surface area contributed by atoms with Crippen molar-refractivity contribution in [2.24, 2.45) is 11.8 Å². The monoisotopic (exact) mass is 459 g/mol. The molecule has 0 bridgehead atoms. The van der Waals surface area contributed by atoms with Crippen LogP contribution in [0.3, 0.4) is 0 Å². The van der Waals surface area contributed by atoms with Crippen molar-refractivity contribution in [2.45, 2.75) is 51.5 Å². The number of aromatic amines is 1. The lowest BCUT2D eigenvalue weighted by atomic mass is 9.86. The number of carbonyl (C=O) groups excluding carboxylic acids is 2. The number of carbonyl (C=O) groups is 2. The van der Waals surface area contributed by atoms with Gasteiger partial charge in [0.05, 0.1) is 17.8 Å². The molecule has 0 aromatic carbocycles. The molecule has 172 valence electrons. The number of likely N-dealkylation sites (tertiary alicyclic amines) is 1. The summed E-state index contributed by atoms with van der Waals surface area (Å²) in [5.41, 5.74) is 1.48. The van der Waals surface area contributed by atoms with Crippen molar-refractivity contribution in [3.05, 3.63) is 29.0 Å². The molecule has 2 aromatic heterocycles. The van der Waals surface area contributed by atoms with E-state index in [0.717, 1.165) is 24.3 Å². The molecule has 32 heavy (non-hydrogen) atoms. The van der Waals surface area contributed by atoms with E-state index in [1.807, 2.05) is 0 Å². The van der Waals surface area contributed by atoms with Crippen molar-refractivity contribution in [3.8, 4) is 17.1 Å². The average Bonchev–Trinajstić information content (AvgIpc) is 3.21. The first kappa shape index (κ1) is 22.6. The predicted molar refractivity (Wildman–Crippen MR) is 122 cm³/mol. The summed E-state index contributed by atoms with van der Waals surface area (Å²) in [5, 5.41) is 10.5. The Labute approximate surface area is 193 Å². The number of nitrogens with zero attached hydrogens (tertiary/aromatic N) is 3. The quantitative estimate of drug-likeness (QED) is 0.710. The number of halogens is 1. The van der Waals surface area contributed by atoms with Gasteiger partial charge in [0.25, 0.3) is 5.91 Å². The van der Waals surface area contributed by atoms with Crippen molar-refractivity contribution >= 4 is 23.4 Å². The van der Waals surface area contributed by atoms with Crippen LogP contribution in [0.5, 0.6) is 5.88 Å². The molecule has 2 aliphatic rings. The molecule has 0 unspecified atom stereocenters. The molecule has 2 fully saturated rings. The number of H-pyrrole nitrogens is 1. The molecule has 0 spiro atoms.